The SMILES string of the molecule is c1ccc(C2(c3ccccc3)c3cc(-c4ccc5c6c(cccc46)-c4ccccc4O5)ccc3-c3cc4c(-c5ccc6ccccc6c5)cccc4cc32)cc1. The fourth-order valence-corrected chi connectivity index (χ4v) is 9.87. The van der Waals surface area contributed by atoms with E-state index in [1.807, 2.05) is 6.07 Å². The van der Waals surface area contributed by atoms with Crippen molar-refractivity contribution in [2.75, 3.05) is 0 Å². The first-order chi connectivity index (χ1) is 27.8. The van der Waals surface area contributed by atoms with E-state index in [0.717, 1.165) is 22.4 Å². The van der Waals surface area contributed by atoms with Gasteiger partial charge in [-0.15, -0.1) is 0 Å². The zero-order chi connectivity index (χ0) is 36.8. The highest BCUT2D eigenvalue weighted by Gasteiger charge is 2.46. The summed E-state index contributed by atoms with van der Waals surface area (Å²) < 4.78 is 6.51. The van der Waals surface area contributed by atoms with Crippen LogP contribution in [0.25, 0.3) is 76.8 Å². The number of rotatable bonds is 4. The van der Waals surface area contributed by atoms with Crippen LogP contribution in [0.3, 0.4) is 0 Å². The van der Waals surface area contributed by atoms with Crippen molar-refractivity contribution in [2.45, 2.75) is 5.41 Å². The highest BCUT2D eigenvalue weighted by atomic mass is 16.5. The van der Waals surface area contributed by atoms with E-state index in [-0.39, 0.29) is 0 Å². The lowest BCUT2D eigenvalue weighted by Gasteiger charge is -2.34. The molecule has 56 heavy (non-hydrogen) atoms. The van der Waals surface area contributed by atoms with Gasteiger partial charge >= 0.3 is 0 Å². The van der Waals surface area contributed by atoms with Gasteiger partial charge in [-0.3, -0.25) is 0 Å². The number of fused-ring (bicyclic) bond motifs is 7. The van der Waals surface area contributed by atoms with Crippen LogP contribution in [-0.2, 0) is 5.41 Å². The lowest BCUT2D eigenvalue weighted by molar-refractivity contribution is 0.487. The molecule has 0 atom stereocenters. The Hall–Kier alpha value is -7.22. The van der Waals surface area contributed by atoms with Crippen LogP contribution in [0.5, 0.6) is 11.5 Å². The number of para-hydroxylation sites is 1. The molecule has 1 aliphatic carbocycles. The molecule has 10 aromatic rings. The number of benzene rings is 10. The fourth-order valence-electron chi connectivity index (χ4n) is 9.87. The highest BCUT2D eigenvalue weighted by Crippen LogP contribution is 2.58. The Balaban J connectivity index is 1.14. The predicted octanol–water partition coefficient (Wildman–Crippen LogP) is 14.6. The van der Waals surface area contributed by atoms with E-state index >= 15 is 0 Å². The summed E-state index contributed by atoms with van der Waals surface area (Å²) in [5.41, 5.74) is 14.4. The molecule has 10 aromatic carbocycles. The van der Waals surface area contributed by atoms with Crippen LogP contribution in [0.2, 0.25) is 0 Å². The normalized spacial score (nSPS) is 13.3. The van der Waals surface area contributed by atoms with Crippen molar-refractivity contribution in [3.05, 3.63) is 229 Å². The topological polar surface area (TPSA) is 9.23 Å². The van der Waals surface area contributed by atoms with E-state index in [9.17, 15) is 0 Å². The van der Waals surface area contributed by atoms with Gasteiger partial charge in [-0.25, -0.2) is 0 Å². The van der Waals surface area contributed by atoms with Gasteiger partial charge < -0.3 is 4.74 Å². The Morgan fingerprint density at radius 3 is 1.75 bits per heavy atom. The van der Waals surface area contributed by atoms with Gasteiger partial charge in [0.15, 0.2) is 0 Å². The van der Waals surface area contributed by atoms with Gasteiger partial charge in [0.2, 0.25) is 0 Å². The summed E-state index contributed by atoms with van der Waals surface area (Å²) in [6.45, 7) is 0. The molecule has 0 radical (unpaired) electrons. The smallest absolute Gasteiger partial charge is 0.135 e. The molecule has 1 nitrogen and oxygen atoms in total. The summed E-state index contributed by atoms with van der Waals surface area (Å²) in [4.78, 5) is 0. The minimum absolute atomic E-state index is 0.537. The molecule has 1 heterocycles. The van der Waals surface area contributed by atoms with E-state index in [4.69, 9.17) is 4.74 Å². The second-order valence-corrected chi connectivity index (χ2v) is 15.2. The Bertz CT molecular complexity index is 3170. The molecular formula is C55H34O. The molecule has 0 unspecified atom stereocenters. The molecule has 0 saturated heterocycles. The molecule has 1 heteroatoms. The number of hydrogen-bond acceptors (Lipinski definition) is 1. The molecule has 0 N–H and O–H groups in total. The van der Waals surface area contributed by atoms with E-state index < -0.39 is 5.41 Å². The molecule has 2 aliphatic rings. The zero-order valence-electron chi connectivity index (χ0n) is 30.5. The second kappa shape index (κ2) is 11.9. The van der Waals surface area contributed by atoms with E-state index in [1.54, 1.807) is 0 Å². The Morgan fingerprint density at radius 2 is 0.911 bits per heavy atom. The van der Waals surface area contributed by atoms with Crippen LogP contribution in [0.15, 0.2) is 206 Å². The van der Waals surface area contributed by atoms with E-state index in [1.165, 1.54) is 88.1 Å². The van der Waals surface area contributed by atoms with Gasteiger partial charge in [-0.05, 0) is 125 Å². The maximum absolute atomic E-state index is 6.51. The van der Waals surface area contributed by atoms with Gasteiger partial charge in [0.25, 0.3) is 0 Å². The van der Waals surface area contributed by atoms with Crippen LogP contribution >= 0.6 is 0 Å². The van der Waals surface area contributed by atoms with Crippen molar-refractivity contribution >= 4 is 32.3 Å². The Kier molecular flexibility index (Phi) is 6.62. The summed E-state index contributed by atoms with van der Waals surface area (Å²) in [6.07, 6.45) is 0. The molecule has 0 amide bonds. The lowest BCUT2D eigenvalue weighted by atomic mass is 9.67. The van der Waals surface area contributed by atoms with Gasteiger partial charge in [-0.1, -0.05) is 170 Å². The van der Waals surface area contributed by atoms with Gasteiger partial charge in [0, 0.05) is 10.9 Å². The van der Waals surface area contributed by atoms with E-state index in [2.05, 4.69) is 200 Å². The fraction of sp³-hybridized carbons (Fsp3) is 0.0182. The molecular weight excluding hydrogens is 677 g/mol. The summed E-state index contributed by atoms with van der Waals surface area (Å²) in [5.74, 6) is 1.81. The van der Waals surface area contributed by atoms with Crippen molar-refractivity contribution in [3.63, 3.8) is 0 Å². The Morgan fingerprint density at radius 1 is 0.304 bits per heavy atom. The second-order valence-electron chi connectivity index (χ2n) is 15.2. The first-order valence-electron chi connectivity index (χ1n) is 19.4. The zero-order valence-corrected chi connectivity index (χ0v) is 30.5. The molecule has 260 valence electrons. The van der Waals surface area contributed by atoms with Crippen LogP contribution < -0.4 is 4.74 Å². The first-order valence-corrected chi connectivity index (χ1v) is 19.4. The van der Waals surface area contributed by atoms with E-state index in [0.29, 0.717) is 0 Å². The number of ether oxygens (including phenoxy) is 1. The minimum atomic E-state index is -0.537. The molecule has 0 saturated carbocycles. The first kappa shape index (κ1) is 31.2. The number of hydrogen-bond donors (Lipinski definition) is 0. The van der Waals surface area contributed by atoms with Crippen LogP contribution in [-0.4, -0.2) is 0 Å². The third-order valence-corrected chi connectivity index (χ3v) is 12.3. The summed E-state index contributed by atoms with van der Waals surface area (Å²) >= 11 is 0. The largest absolute Gasteiger partial charge is 0.456 e. The third kappa shape index (κ3) is 4.37. The molecule has 0 aromatic heterocycles. The average Bonchev–Trinajstić information content (AvgIpc) is 3.55. The van der Waals surface area contributed by atoms with Crippen LogP contribution in [0.4, 0.5) is 0 Å². The Labute approximate surface area is 325 Å². The van der Waals surface area contributed by atoms with Crippen molar-refractivity contribution < 1.29 is 4.74 Å². The van der Waals surface area contributed by atoms with Crippen LogP contribution in [0.1, 0.15) is 22.3 Å². The standard InChI is InChI=1S/C55H34O/c1-3-16-40(17-4-1)55(41-18-5-2-6-19-41)50-33-39(43-29-30-53-54-46(43)22-12-23-47(54)45-20-9-10-24-52(45)56-53)27-28-44(50)49-34-48-37(32-51(49)55)15-11-21-42(48)38-26-25-35-13-7-8-14-36(35)31-38/h1-34H. The maximum atomic E-state index is 6.51. The van der Waals surface area contributed by atoms with Crippen molar-refractivity contribution in [1.29, 1.82) is 0 Å². The van der Waals surface area contributed by atoms with Crippen molar-refractivity contribution in [2.24, 2.45) is 0 Å². The predicted molar refractivity (Wildman–Crippen MR) is 233 cm³/mol. The minimum Gasteiger partial charge on any atom is -0.456 e. The monoisotopic (exact) mass is 710 g/mol. The quantitative estimate of drug-likeness (QED) is 0.177. The van der Waals surface area contributed by atoms with Crippen molar-refractivity contribution in [3.8, 4) is 56.0 Å². The molecule has 0 bridgehead atoms. The summed E-state index contributed by atoms with van der Waals surface area (Å²) in [6, 6.07) is 76.0. The van der Waals surface area contributed by atoms with Crippen LogP contribution in [0, 0.1) is 0 Å². The highest BCUT2D eigenvalue weighted by molar-refractivity contribution is 6.10. The third-order valence-electron chi connectivity index (χ3n) is 12.3. The molecule has 0 spiro atoms. The lowest BCUT2D eigenvalue weighted by Crippen LogP contribution is -2.28. The van der Waals surface area contributed by atoms with Gasteiger partial charge in [0.1, 0.15) is 11.5 Å². The average molecular weight is 711 g/mol. The molecule has 1 aliphatic heterocycles. The van der Waals surface area contributed by atoms with Gasteiger partial charge in [-0.2, -0.15) is 0 Å². The summed E-state index contributed by atoms with van der Waals surface area (Å²) in [5, 5.41) is 7.37. The molecule has 12 rings (SSSR count). The summed E-state index contributed by atoms with van der Waals surface area (Å²) in [7, 11) is 0. The molecule has 0 fully saturated rings. The van der Waals surface area contributed by atoms with Gasteiger partial charge in [0.05, 0.1) is 5.41 Å². The maximum Gasteiger partial charge on any atom is 0.135 e. The van der Waals surface area contributed by atoms with Crippen molar-refractivity contribution in [1.82, 2.24) is 0 Å².